The van der Waals surface area contributed by atoms with Gasteiger partial charge >= 0.3 is 0 Å². The summed E-state index contributed by atoms with van der Waals surface area (Å²) in [5.74, 6) is 0. The van der Waals surface area contributed by atoms with Crippen LogP contribution in [-0.2, 0) is 18.4 Å². The standard InChI is InChI=1S/C25H32N2S/c1-25(2,3)20-9-7-18(8-10-20)17-27-13-5-6-21(27)14-19-16-26-24-12-11-22(28-4)15-23(19)24/h7-12,15-16,21,26H,5-6,13-14,17H2,1-4H3/t21-/m1/s1. The van der Waals surface area contributed by atoms with E-state index in [2.05, 4.69) is 85.6 Å². The van der Waals surface area contributed by atoms with E-state index < -0.39 is 0 Å². The van der Waals surface area contributed by atoms with Crippen LogP contribution in [0, 0.1) is 0 Å². The molecule has 4 rings (SSSR count). The van der Waals surface area contributed by atoms with E-state index in [1.54, 1.807) is 0 Å². The Morgan fingerprint density at radius 3 is 2.61 bits per heavy atom. The first-order valence-corrected chi connectivity index (χ1v) is 11.6. The number of H-pyrrole nitrogens is 1. The molecule has 148 valence electrons. The van der Waals surface area contributed by atoms with Crippen LogP contribution in [0.4, 0.5) is 0 Å². The predicted octanol–water partition coefficient (Wildman–Crippen LogP) is 6.39. The fourth-order valence-corrected chi connectivity index (χ4v) is 4.83. The van der Waals surface area contributed by atoms with Gasteiger partial charge in [-0.25, -0.2) is 0 Å². The van der Waals surface area contributed by atoms with Crippen molar-refractivity contribution in [1.82, 2.24) is 9.88 Å². The fourth-order valence-electron chi connectivity index (χ4n) is 4.39. The van der Waals surface area contributed by atoms with E-state index in [1.165, 1.54) is 51.9 Å². The number of likely N-dealkylation sites (tertiary alicyclic amines) is 1. The van der Waals surface area contributed by atoms with Crippen molar-refractivity contribution < 1.29 is 0 Å². The number of thioether (sulfide) groups is 1. The highest BCUT2D eigenvalue weighted by Crippen LogP contribution is 2.29. The molecule has 2 aromatic carbocycles. The first-order chi connectivity index (χ1) is 13.4. The lowest BCUT2D eigenvalue weighted by molar-refractivity contribution is 0.244. The van der Waals surface area contributed by atoms with Gasteiger partial charge in [0.15, 0.2) is 0 Å². The number of aromatic amines is 1. The van der Waals surface area contributed by atoms with Crippen molar-refractivity contribution in [3.05, 3.63) is 65.4 Å². The highest BCUT2D eigenvalue weighted by molar-refractivity contribution is 7.98. The molecule has 0 radical (unpaired) electrons. The van der Waals surface area contributed by atoms with Crippen LogP contribution in [0.15, 0.2) is 53.6 Å². The minimum Gasteiger partial charge on any atom is -0.361 e. The molecule has 0 bridgehead atoms. The van der Waals surface area contributed by atoms with Gasteiger partial charge in [-0.2, -0.15) is 0 Å². The zero-order valence-corrected chi connectivity index (χ0v) is 18.4. The first kappa shape index (κ1) is 19.6. The largest absolute Gasteiger partial charge is 0.361 e. The molecule has 28 heavy (non-hydrogen) atoms. The van der Waals surface area contributed by atoms with E-state index in [0.717, 1.165) is 13.0 Å². The Bertz CT molecular complexity index is 933. The van der Waals surface area contributed by atoms with Crippen molar-refractivity contribution in [3.8, 4) is 0 Å². The summed E-state index contributed by atoms with van der Waals surface area (Å²) in [6.07, 6.45) is 8.12. The highest BCUT2D eigenvalue weighted by atomic mass is 32.2. The topological polar surface area (TPSA) is 19.0 Å². The maximum absolute atomic E-state index is 3.47. The quantitative estimate of drug-likeness (QED) is 0.507. The Balaban J connectivity index is 1.48. The Kier molecular flexibility index (Phi) is 5.57. The minimum atomic E-state index is 0.222. The molecule has 1 saturated heterocycles. The Morgan fingerprint density at radius 2 is 1.89 bits per heavy atom. The molecule has 1 aromatic heterocycles. The summed E-state index contributed by atoms with van der Waals surface area (Å²) < 4.78 is 0. The summed E-state index contributed by atoms with van der Waals surface area (Å²) in [6.45, 7) is 9.12. The number of benzene rings is 2. The second-order valence-electron chi connectivity index (χ2n) is 9.14. The molecule has 0 amide bonds. The molecule has 2 nitrogen and oxygen atoms in total. The maximum atomic E-state index is 3.47. The van der Waals surface area contributed by atoms with Crippen molar-refractivity contribution in [2.24, 2.45) is 0 Å². The number of nitrogens with zero attached hydrogens (tertiary/aromatic N) is 1. The fraction of sp³-hybridized carbons (Fsp3) is 0.440. The Hall–Kier alpha value is -1.71. The van der Waals surface area contributed by atoms with Crippen LogP contribution in [-0.4, -0.2) is 28.7 Å². The van der Waals surface area contributed by atoms with Gasteiger partial charge in [0.25, 0.3) is 0 Å². The third-order valence-electron chi connectivity index (χ3n) is 6.13. The maximum Gasteiger partial charge on any atom is 0.0457 e. The molecule has 0 aliphatic carbocycles. The molecule has 1 fully saturated rings. The normalized spacial score (nSPS) is 18.2. The molecule has 0 saturated carbocycles. The van der Waals surface area contributed by atoms with Gasteiger partial charge in [0.2, 0.25) is 0 Å². The number of rotatable bonds is 5. The van der Waals surface area contributed by atoms with Crippen molar-refractivity contribution in [1.29, 1.82) is 0 Å². The summed E-state index contributed by atoms with van der Waals surface area (Å²) in [5, 5.41) is 1.40. The van der Waals surface area contributed by atoms with E-state index in [0.29, 0.717) is 6.04 Å². The van der Waals surface area contributed by atoms with Gasteiger partial charge in [-0.3, -0.25) is 4.90 Å². The highest BCUT2D eigenvalue weighted by Gasteiger charge is 2.25. The Morgan fingerprint density at radius 1 is 1.11 bits per heavy atom. The molecule has 1 N–H and O–H groups in total. The van der Waals surface area contributed by atoms with Crippen molar-refractivity contribution >= 4 is 22.7 Å². The lowest BCUT2D eigenvalue weighted by Gasteiger charge is -2.25. The van der Waals surface area contributed by atoms with Crippen LogP contribution in [0.2, 0.25) is 0 Å². The van der Waals surface area contributed by atoms with Gasteiger partial charge in [-0.1, -0.05) is 45.0 Å². The molecular formula is C25H32N2S. The Labute approximate surface area is 173 Å². The zero-order chi connectivity index (χ0) is 19.7. The van der Waals surface area contributed by atoms with Gasteiger partial charge in [0, 0.05) is 34.6 Å². The third-order valence-corrected chi connectivity index (χ3v) is 6.86. The van der Waals surface area contributed by atoms with Crippen LogP contribution < -0.4 is 0 Å². The number of hydrogen-bond donors (Lipinski definition) is 1. The van der Waals surface area contributed by atoms with Crippen molar-refractivity contribution in [3.63, 3.8) is 0 Å². The molecule has 0 spiro atoms. The predicted molar refractivity (Wildman–Crippen MR) is 122 cm³/mol. The molecule has 3 heteroatoms. The number of aromatic nitrogens is 1. The van der Waals surface area contributed by atoms with Crippen LogP contribution >= 0.6 is 11.8 Å². The van der Waals surface area contributed by atoms with E-state index >= 15 is 0 Å². The van der Waals surface area contributed by atoms with E-state index in [1.807, 2.05) is 11.8 Å². The van der Waals surface area contributed by atoms with Gasteiger partial charge in [0.05, 0.1) is 0 Å². The van der Waals surface area contributed by atoms with Crippen molar-refractivity contribution in [2.75, 3.05) is 12.8 Å². The SMILES string of the molecule is CSc1ccc2[nH]cc(C[C@H]3CCCN3Cc3ccc(C(C)(C)C)cc3)c2c1. The van der Waals surface area contributed by atoms with Crippen molar-refractivity contribution in [2.45, 2.75) is 62.9 Å². The van der Waals surface area contributed by atoms with Gasteiger partial charge in [0.1, 0.15) is 0 Å². The summed E-state index contributed by atoms with van der Waals surface area (Å²) in [7, 11) is 0. The van der Waals surface area contributed by atoms with E-state index in [4.69, 9.17) is 0 Å². The number of nitrogens with one attached hydrogen (secondary N) is 1. The third kappa shape index (κ3) is 4.16. The monoisotopic (exact) mass is 392 g/mol. The van der Waals surface area contributed by atoms with E-state index in [-0.39, 0.29) is 5.41 Å². The van der Waals surface area contributed by atoms with Gasteiger partial charge < -0.3 is 4.98 Å². The molecule has 3 aromatic rings. The molecule has 0 unspecified atom stereocenters. The van der Waals surface area contributed by atoms with Crippen LogP contribution in [0.5, 0.6) is 0 Å². The minimum absolute atomic E-state index is 0.222. The average molecular weight is 393 g/mol. The molecule has 1 atom stereocenters. The van der Waals surface area contributed by atoms with Crippen LogP contribution in [0.25, 0.3) is 10.9 Å². The zero-order valence-electron chi connectivity index (χ0n) is 17.6. The second kappa shape index (κ2) is 7.96. The number of fused-ring (bicyclic) bond motifs is 1. The first-order valence-electron chi connectivity index (χ1n) is 10.4. The molecular weight excluding hydrogens is 360 g/mol. The summed E-state index contributed by atoms with van der Waals surface area (Å²) in [4.78, 5) is 7.50. The number of hydrogen-bond acceptors (Lipinski definition) is 2. The summed E-state index contributed by atoms with van der Waals surface area (Å²) in [6, 6.07) is 16.7. The van der Waals surface area contributed by atoms with Gasteiger partial charge in [-0.05, 0) is 72.4 Å². The summed E-state index contributed by atoms with van der Waals surface area (Å²) >= 11 is 1.82. The van der Waals surface area contributed by atoms with E-state index in [9.17, 15) is 0 Å². The lowest BCUT2D eigenvalue weighted by Crippen LogP contribution is -2.30. The lowest BCUT2D eigenvalue weighted by atomic mass is 9.87. The molecule has 1 aliphatic rings. The molecule has 2 heterocycles. The average Bonchev–Trinajstić information content (AvgIpc) is 3.28. The van der Waals surface area contributed by atoms with Gasteiger partial charge in [-0.15, -0.1) is 11.8 Å². The smallest absolute Gasteiger partial charge is 0.0457 e. The second-order valence-corrected chi connectivity index (χ2v) is 10.0. The molecule has 1 aliphatic heterocycles. The summed E-state index contributed by atoms with van der Waals surface area (Å²) in [5.41, 5.74) is 5.79. The van der Waals surface area contributed by atoms with Crippen LogP contribution in [0.1, 0.15) is 50.3 Å². The van der Waals surface area contributed by atoms with Crippen LogP contribution in [0.3, 0.4) is 0 Å².